The Bertz CT molecular complexity index is 773. The fourth-order valence-electron chi connectivity index (χ4n) is 2.86. The molecule has 0 spiro atoms. The van der Waals surface area contributed by atoms with Crippen molar-refractivity contribution >= 4 is 17.4 Å². The van der Waals surface area contributed by atoms with Crippen LogP contribution in [0.15, 0.2) is 42.6 Å². The highest BCUT2D eigenvalue weighted by molar-refractivity contribution is 5.99. The average molecular weight is 341 g/mol. The molecule has 2 heterocycles. The van der Waals surface area contributed by atoms with E-state index in [9.17, 15) is 14.9 Å². The Morgan fingerprint density at radius 2 is 1.88 bits per heavy atom. The maximum Gasteiger partial charge on any atom is 0.364 e. The van der Waals surface area contributed by atoms with Gasteiger partial charge in [0.15, 0.2) is 6.20 Å². The minimum Gasteiger partial charge on any atom is -0.395 e. The van der Waals surface area contributed by atoms with Gasteiger partial charge in [-0.05, 0) is 15.5 Å². The van der Waals surface area contributed by atoms with E-state index in [1.54, 1.807) is 4.90 Å². The van der Waals surface area contributed by atoms with Crippen LogP contribution in [-0.4, -0.2) is 51.8 Å². The van der Waals surface area contributed by atoms with Crippen LogP contribution in [0, 0.1) is 10.1 Å². The summed E-state index contributed by atoms with van der Waals surface area (Å²) < 4.78 is 0. The Labute approximate surface area is 145 Å². The number of pyridine rings is 1. The van der Waals surface area contributed by atoms with E-state index in [1.165, 1.54) is 5.56 Å². The number of rotatable bonds is 4. The number of nitro groups is 1. The number of nitrogen functional groups attached to an aromatic ring is 1. The Kier molecular flexibility index (Phi) is 4.90. The minimum atomic E-state index is -0.631. The van der Waals surface area contributed by atoms with E-state index in [0.717, 1.165) is 31.9 Å². The molecule has 1 aliphatic heterocycles. The van der Waals surface area contributed by atoms with Crippen LogP contribution in [-0.2, 0) is 6.54 Å². The van der Waals surface area contributed by atoms with E-state index in [0.29, 0.717) is 13.1 Å². The van der Waals surface area contributed by atoms with Gasteiger partial charge in [0.05, 0.1) is 17.3 Å². The number of hydrogen-bond donors (Lipinski definition) is 1. The number of carbonyl (C=O) groups is 1. The second-order valence-corrected chi connectivity index (χ2v) is 5.94. The molecule has 25 heavy (non-hydrogen) atoms. The van der Waals surface area contributed by atoms with Gasteiger partial charge in [-0.2, -0.15) is 0 Å². The molecule has 1 fully saturated rings. The van der Waals surface area contributed by atoms with E-state index < -0.39 is 4.92 Å². The van der Waals surface area contributed by atoms with Crippen LogP contribution in [0.5, 0.6) is 0 Å². The van der Waals surface area contributed by atoms with Crippen molar-refractivity contribution in [2.45, 2.75) is 6.54 Å². The maximum absolute atomic E-state index is 12.6. The molecule has 1 aromatic carbocycles. The number of aromatic nitrogens is 1. The third kappa shape index (κ3) is 3.92. The molecule has 8 nitrogen and oxygen atoms in total. The van der Waals surface area contributed by atoms with Gasteiger partial charge in [0.2, 0.25) is 0 Å². The summed E-state index contributed by atoms with van der Waals surface area (Å²) in [5, 5.41) is 10.9. The molecule has 1 saturated heterocycles. The number of anilines is 1. The lowest BCUT2D eigenvalue weighted by molar-refractivity contribution is -0.389. The number of nitrogens with two attached hydrogens (primary N) is 1. The van der Waals surface area contributed by atoms with Crippen LogP contribution < -0.4 is 5.73 Å². The van der Waals surface area contributed by atoms with Crippen molar-refractivity contribution in [2.24, 2.45) is 0 Å². The van der Waals surface area contributed by atoms with Gasteiger partial charge in [0.1, 0.15) is 0 Å². The van der Waals surface area contributed by atoms with Crippen molar-refractivity contribution in [3.8, 4) is 0 Å². The molecular weight excluding hydrogens is 322 g/mol. The van der Waals surface area contributed by atoms with Crippen molar-refractivity contribution in [1.82, 2.24) is 14.8 Å². The number of piperazine rings is 1. The van der Waals surface area contributed by atoms with Crippen LogP contribution in [0.4, 0.5) is 11.5 Å². The highest BCUT2D eigenvalue weighted by Crippen LogP contribution is 2.19. The zero-order valence-corrected chi connectivity index (χ0v) is 13.7. The molecular formula is C17H19N5O3. The van der Waals surface area contributed by atoms with Crippen molar-refractivity contribution in [3.63, 3.8) is 0 Å². The first kappa shape index (κ1) is 16.8. The quantitative estimate of drug-likeness (QED) is 0.668. The Morgan fingerprint density at radius 3 is 2.52 bits per heavy atom. The fourth-order valence-corrected chi connectivity index (χ4v) is 2.86. The molecule has 1 amide bonds. The van der Waals surface area contributed by atoms with E-state index in [2.05, 4.69) is 22.0 Å². The highest BCUT2D eigenvalue weighted by Gasteiger charge is 2.25. The van der Waals surface area contributed by atoms with Crippen LogP contribution >= 0.6 is 0 Å². The molecule has 2 aromatic rings. The van der Waals surface area contributed by atoms with E-state index >= 15 is 0 Å². The third-order valence-corrected chi connectivity index (χ3v) is 4.25. The van der Waals surface area contributed by atoms with E-state index in [4.69, 9.17) is 5.73 Å². The van der Waals surface area contributed by atoms with Crippen LogP contribution in [0.25, 0.3) is 0 Å². The number of amides is 1. The Balaban J connectivity index is 1.64. The van der Waals surface area contributed by atoms with Gasteiger partial charge in [0, 0.05) is 32.7 Å². The normalized spacial score (nSPS) is 15.1. The third-order valence-electron chi connectivity index (χ3n) is 4.25. The van der Waals surface area contributed by atoms with Gasteiger partial charge in [-0.25, -0.2) is 0 Å². The van der Waals surface area contributed by atoms with Gasteiger partial charge >= 0.3 is 5.82 Å². The zero-order chi connectivity index (χ0) is 17.8. The molecule has 0 aliphatic carbocycles. The van der Waals surface area contributed by atoms with Crippen LogP contribution in [0.3, 0.4) is 0 Å². The SMILES string of the molecule is Nc1cnc([N+](=O)[O-])cc1C(=O)N1CCN(Cc2ccccc2)CC1. The largest absolute Gasteiger partial charge is 0.395 e. The van der Waals surface area contributed by atoms with Gasteiger partial charge in [-0.15, -0.1) is 0 Å². The van der Waals surface area contributed by atoms with Crippen molar-refractivity contribution in [1.29, 1.82) is 0 Å². The fraction of sp³-hybridized carbons (Fsp3) is 0.294. The number of carbonyl (C=O) groups excluding carboxylic acids is 1. The van der Waals surface area contributed by atoms with Crippen LogP contribution in [0.1, 0.15) is 15.9 Å². The average Bonchev–Trinajstić information content (AvgIpc) is 2.63. The first-order valence-electron chi connectivity index (χ1n) is 8.00. The van der Waals surface area contributed by atoms with Crippen molar-refractivity contribution < 1.29 is 9.72 Å². The van der Waals surface area contributed by atoms with Crippen molar-refractivity contribution in [2.75, 3.05) is 31.9 Å². The predicted octanol–water partition coefficient (Wildman–Crippen LogP) is 1.53. The molecule has 130 valence electrons. The number of nitrogens with zero attached hydrogens (tertiary/aromatic N) is 4. The summed E-state index contributed by atoms with van der Waals surface area (Å²) in [5.41, 5.74) is 7.31. The van der Waals surface area contributed by atoms with Crippen molar-refractivity contribution in [3.05, 3.63) is 63.8 Å². The first-order chi connectivity index (χ1) is 12.0. The van der Waals surface area contributed by atoms with Gasteiger partial charge in [0.25, 0.3) is 5.91 Å². The van der Waals surface area contributed by atoms with Gasteiger partial charge < -0.3 is 20.7 Å². The summed E-state index contributed by atoms with van der Waals surface area (Å²) in [4.78, 5) is 30.4. The standard InChI is InChI=1S/C17H19N5O3/c18-15-11-19-16(22(24)25)10-14(15)17(23)21-8-6-20(7-9-21)12-13-4-2-1-3-5-13/h1-5,10-11H,6-9,12,18H2. The summed E-state index contributed by atoms with van der Waals surface area (Å²) in [7, 11) is 0. The second-order valence-electron chi connectivity index (χ2n) is 5.94. The molecule has 1 aliphatic rings. The Hall–Kier alpha value is -3.00. The minimum absolute atomic E-state index is 0.137. The summed E-state index contributed by atoms with van der Waals surface area (Å²) in [6.45, 7) is 3.44. The Morgan fingerprint density at radius 1 is 1.20 bits per heavy atom. The number of benzene rings is 1. The molecule has 3 rings (SSSR count). The monoisotopic (exact) mass is 341 g/mol. The van der Waals surface area contributed by atoms with Gasteiger partial charge in [-0.1, -0.05) is 30.3 Å². The predicted molar refractivity (Wildman–Crippen MR) is 92.9 cm³/mol. The lowest BCUT2D eigenvalue weighted by atomic mass is 10.1. The second kappa shape index (κ2) is 7.27. The summed E-state index contributed by atoms with van der Waals surface area (Å²) in [6, 6.07) is 11.3. The van der Waals surface area contributed by atoms with Crippen LogP contribution in [0.2, 0.25) is 0 Å². The molecule has 0 unspecified atom stereocenters. The highest BCUT2D eigenvalue weighted by atomic mass is 16.6. The number of hydrogen-bond acceptors (Lipinski definition) is 6. The first-order valence-corrected chi connectivity index (χ1v) is 8.00. The van der Waals surface area contributed by atoms with E-state index in [1.807, 2.05) is 18.2 Å². The van der Waals surface area contributed by atoms with E-state index in [-0.39, 0.29) is 23.0 Å². The molecule has 0 atom stereocenters. The molecule has 0 bridgehead atoms. The maximum atomic E-state index is 12.6. The molecule has 0 saturated carbocycles. The molecule has 0 radical (unpaired) electrons. The lowest BCUT2D eigenvalue weighted by Crippen LogP contribution is -2.48. The summed E-state index contributed by atoms with van der Waals surface area (Å²) in [5.74, 6) is -0.664. The summed E-state index contributed by atoms with van der Waals surface area (Å²) >= 11 is 0. The lowest BCUT2D eigenvalue weighted by Gasteiger charge is -2.34. The smallest absolute Gasteiger partial charge is 0.364 e. The topological polar surface area (TPSA) is 106 Å². The summed E-state index contributed by atoms with van der Waals surface area (Å²) in [6.07, 6.45) is 1.16. The molecule has 8 heteroatoms. The van der Waals surface area contributed by atoms with Gasteiger partial charge in [-0.3, -0.25) is 9.69 Å². The molecule has 1 aromatic heterocycles. The molecule has 2 N–H and O–H groups in total. The zero-order valence-electron chi connectivity index (χ0n) is 13.7.